The zero-order valence-electron chi connectivity index (χ0n) is 18.7. The molecule has 8 heteroatoms. The van der Waals surface area contributed by atoms with Crippen molar-refractivity contribution >= 4 is 15.6 Å². The van der Waals surface area contributed by atoms with Gasteiger partial charge in [-0.05, 0) is 64.7 Å². The van der Waals surface area contributed by atoms with Crippen LogP contribution in [0.5, 0.6) is 0 Å². The van der Waals surface area contributed by atoms with Gasteiger partial charge in [0.1, 0.15) is 10.5 Å². The molecule has 3 aliphatic rings. The van der Waals surface area contributed by atoms with Gasteiger partial charge in [-0.1, -0.05) is 18.0 Å². The third-order valence-electron chi connectivity index (χ3n) is 7.56. The molecule has 174 valence electrons. The van der Waals surface area contributed by atoms with Crippen molar-refractivity contribution in [1.29, 1.82) is 0 Å². The highest BCUT2D eigenvalue weighted by molar-refractivity contribution is 7.93. The van der Waals surface area contributed by atoms with Crippen LogP contribution in [0.3, 0.4) is 0 Å². The minimum Gasteiger partial charge on any atom is -0.361 e. The molecule has 0 N–H and O–H groups in total. The Morgan fingerprint density at radius 2 is 1.97 bits per heavy atom. The van der Waals surface area contributed by atoms with Gasteiger partial charge in [0, 0.05) is 18.1 Å². The second-order valence-corrected chi connectivity index (χ2v) is 12.7. The van der Waals surface area contributed by atoms with Gasteiger partial charge in [-0.3, -0.25) is 4.79 Å². The molecule has 0 spiro atoms. The van der Waals surface area contributed by atoms with Gasteiger partial charge in [-0.2, -0.15) is 0 Å². The third-order valence-corrected chi connectivity index (χ3v) is 10.3. The van der Waals surface area contributed by atoms with E-state index in [2.05, 4.69) is 5.16 Å². The van der Waals surface area contributed by atoms with Crippen molar-refractivity contribution in [2.45, 2.75) is 94.5 Å². The first kappa shape index (κ1) is 22.9. The Kier molecular flexibility index (Phi) is 6.62. The first-order chi connectivity index (χ1) is 14.7. The molecule has 4 rings (SSSR count). The minimum atomic E-state index is -3.52. The van der Waals surface area contributed by atoms with E-state index in [9.17, 15) is 13.2 Å². The number of rotatable bonds is 10. The maximum atomic E-state index is 12.9. The molecule has 2 saturated carbocycles. The van der Waals surface area contributed by atoms with Crippen LogP contribution >= 0.6 is 0 Å². The number of hydrogen-bond acceptors (Lipinski definition) is 7. The van der Waals surface area contributed by atoms with E-state index in [-0.39, 0.29) is 35.6 Å². The first-order valence-electron chi connectivity index (χ1n) is 11.7. The van der Waals surface area contributed by atoms with Gasteiger partial charge in [0.05, 0.1) is 24.5 Å². The molecule has 1 aliphatic heterocycles. The van der Waals surface area contributed by atoms with Gasteiger partial charge < -0.3 is 14.0 Å². The lowest BCUT2D eigenvalue weighted by Crippen LogP contribution is -2.45. The zero-order chi connectivity index (χ0) is 22.1. The zero-order valence-corrected chi connectivity index (χ0v) is 19.5. The average Bonchev–Trinajstić information content (AvgIpc) is 3.13. The Hall–Kier alpha value is -1.25. The van der Waals surface area contributed by atoms with Crippen molar-refractivity contribution in [2.75, 3.05) is 19.0 Å². The summed E-state index contributed by atoms with van der Waals surface area (Å²) in [5.41, 5.74) is 0.602. The lowest BCUT2D eigenvalue weighted by atomic mass is 9.67. The van der Waals surface area contributed by atoms with E-state index < -0.39 is 14.6 Å². The Bertz CT molecular complexity index is 876. The molecule has 2 heterocycles. The van der Waals surface area contributed by atoms with E-state index in [1.807, 2.05) is 6.07 Å². The lowest BCUT2D eigenvalue weighted by Gasteiger charge is -2.40. The van der Waals surface area contributed by atoms with Gasteiger partial charge in [-0.15, -0.1) is 0 Å². The molecule has 2 aliphatic carbocycles. The van der Waals surface area contributed by atoms with Gasteiger partial charge >= 0.3 is 0 Å². The summed E-state index contributed by atoms with van der Waals surface area (Å²) in [4.78, 5) is 12.9. The molecular formula is C23H35NO6S. The number of hydrogen-bond donors (Lipinski definition) is 0. The Morgan fingerprint density at radius 3 is 2.55 bits per heavy atom. The van der Waals surface area contributed by atoms with Gasteiger partial charge in [0.2, 0.25) is 0 Å². The summed E-state index contributed by atoms with van der Waals surface area (Å²) in [6.45, 7) is 4.31. The van der Waals surface area contributed by atoms with Gasteiger partial charge in [0.25, 0.3) is 0 Å². The SMILES string of the molecule is CC(C)(C(=O)Cc1cc(C2(COC3CCCCO3)CCC2)no1)S(=O)(=O)CC1CCC1. The van der Waals surface area contributed by atoms with Crippen molar-refractivity contribution in [3.05, 3.63) is 17.5 Å². The predicted molar refractivity (Wildman–Crippen MR) is 115 cm³/mol. The molecule has 1 aromatic heterocycles. The maximum Gasteiger partial charge on any atom is 0.162 e. The normalized spacial score (nSPS) is 24.4. The van der Waals surface area contributed by atoms with Crippen molar-refractivity contribution < 1.29 is 27.2 Å². The molecule has 0 amide bonds. The maximum absolute atomic E-state index is 12.9. The summed E-state index contributed by atoms with van der Waals surface area (Å²) in [5.74, 6) is 0.369. The molecule has 1 unspecified atom stereocenters. The minimum absolute atomic E-state index is 0.0629. The molecule has 1 saturated heterocycles. The second kappa shape index (κ2) is 8.94. The van der Waals surface area contributed by atoms with E-state index in [4.69, 9.17) is 14.0 Å². The van der Waals surface area contributed by atoms with E-state index in [0.717, 1.165) is 70.1 Å². The van der Waals surface area contributed by atoms with Crippen molar-refractivity contribution in [3.8, 4) is 0 Å². The average molecular weight is 454 g/mol. The highest BCUT2D eigenvalue weighted by Gasteiger charge is 2.45. The Labute approximate surface area is 185 Å². The van der Waals surface area contributed by atoms with Crippen LogP contribution in [-0.2, 0) is 35.9 Å². The summed E-state index contributed by atoms with van der Waals surface area (Å²) in [6.07, 6.45) is 8.87. The number of nitrogens with zero attached hydrogens (tertiary/aromatic N) is 1. The summed E-state index contributed by atoms with van der Waals surface area (Å²) in [5, 5.41) is 4.24. The van der Waals surface area contributed by atoms with E-state index in [1.54, 1.807) is 0 Å². The van der Waals surface area contributed by atoms with Crippen LogP contribution in [-0.4, -0.2) is 49.4 Å². The van der Waals surface area contributed by atoms with Crippen LogP contribution in [0, 0.1) is 5.92 Å². The van der Waals surface area contributed by atoms with Gasteiger partial charge in [-0.25, -0.2) is 8.42 Å². The molecule has 3 fully saturated rings. The molecular weight excluding hydrogens is 418 g/mol. The van der Waals surface area contributed by atoms with Gasteiger partial charge in [0.15, 0.2) is 21.9 Å². The molecule has 0 bridgehead atoms. The van der Waals surface area contributed by atoms with E-state index in [1.165, 1.54) is 13.8 Å². The predicted octanol–water partition coefficient (Wildman–Crippen LogP) is 3.74. The Morgan fingerprint density at radius 1 is 1.19 bits per heavy atom. The fraction of sp³-hybridized carbons (Fsp3) is 0.826. The molecule has 0 aromatic carbocycles. The van der Waals surface area contributed by atoms with Crippen molar-refractivity contribution in [2.24, 2.45) is 5.92 Å². The third kappa shape index (κ3) is 4.76. The number of aromatic nitrogens is 1. The van der Waals surface area contributed by atoms with Crippen LogP contribution in [0.25, 0.3) is 0 Å². The molecule has 0 radical (unpaired) electrons. The number of sulfone groups is 1. The number of carbonyl (C=O) groups excluding carboxylic acids is 1. The second-order valence-electron chi connectivity index (χ2n) is 10.1. The summed E-state index contributed by atoms with van der Waals surface area (Å²) >= 11 is 0. The van der Waals surface area contributed by atoms with Crippen LogP contribution in [0.2, 0.25) is 0 Å². The van der Waals surface area contributed by atoms with Crippen LogP contribution in [0.1, 0.15) is 83.1 Å². The standard InChI is InChI=1S/C23H35NO6S/c1-22(2,31(26,27)15-17-7-5-8-17)20(25)14-18-13-19(24-30-18)23(10-6-11-23)16-29-21-9-3-4-12-28-21/h13,17,21H,3-12,14-16H2,1-2H3. The molecule has 7 nitrogen and oxygen atoms in total. The highest BCUT2D eigenvalue weighted by Crippen LogP contribution is 2.44. The number of ether oxygens (including phenoxy) is 2. The lowest BCUT2D eigenvalue weighted by molar-refractivity contribution is -0.177. The fourth-order valence-electron chi connectivity index (χ4n) is 4.54. The topological polar surface area (TPSA) is 95.7 Å². The molecule has 31 heavy (non-hydrogen) atoms. The van der Waals surface area contributed by atoms with Crippen LogP contribution in [0.15, 0.2) is 10.6 Å². The fourth-order valence-corrected chi connectivity index (χ4v) is 6.33. The highest BCUT2D eigenvalue weighted by atomic mass is 32.2. The Balaban J connectivity index is 1.38. The quantitative estimate of drug-likeness (QED) is 0.532. The smallest absolute Gasteiger partial charge is 0.162 e. The summed E-state index contributed by atoms with van der Waals surface area (Å²) in [7, 11) is -3.52. The van der Waals surface area contributed by atoms with E-state index >= 15 is 0 Å². The van der Waals surface area contributed by atoms with Crippen molar-refractivity contribution in [3.63, 3.8) is 0 Å². The largest absolute Gasteiger partial charge is 0.361 e. The molecule has 1 aromatic rings. The number of Topliss-reactive ketones (excluding diaryl/α,β-unsaturated/α-hetero) is 1. The van der Waals surface area contributed by atoms with Crippen LogP contribution in [0.4, 0.5) is 0 Å². The number of carbonyl (C=O) groups is 1. The summed E-state index contributed by atoms with van der Waals surface area (Å²) in [6, 6.07) is 1.82. The van der Waals surface area contributed by atoms with Crippen LogP contribution < -0.4 is 0 Å². The summed E-state index contributed by atoms with van der Waals surface area (Å²) < 4.78 is 41.5. The first-order valence-corrected chi connectivity index (χ1v) is 13.3. The molecule has 1 atom stereocenters. The van der Waals surface area contributed by atoms with Crippen molar-refractivity contribution in [1.82, 2.24) is 5.16 Å². The van der Waals surface area contributed by atoms with E-state index in [0.29, 0.717) is 12.4 Å². The monoisotopic (exact) mass is 453 g/mol. The number of ketones is 1.